The molecule has 0 aliphatic heterocycles. The molecule has 1 N–H and O–H groups in total. The fourth-order valence-electron chi connectivity index (χ4n) is 1.92. The SMILES string of the molecule is O=[N+]([O-])c1ccc(Nc2nc(Cl)nc(-c3ccccc3)n2)cc1. The zero-order chi connectivity index (χ0) is 16.2. The topological polar surface area (TPSA) is 93.8 Å². The lowest BCUT2D eigenvalue weighted by Crippen LogP contribution is -2.01. The molecule has 0 saturated heterocycles. The van der Waals surface area contributed by atoms with Gasteiger partial charge in [0.1, 0.15) is 0 Å². The van der Waals surface area contributed by atoms with Crippen molar-refractivity contribution in [3.8, 4) is 11.4 Å². The highest BCUT2D eigenvalue weighted by molar-refractivity contribution is 6.28. The molecular weight excluding hydrogens is 318 g/mol. The molecule has 0 amide bonds. The Labute approximate surface area is 136 Å². The fourth-order valence-corrected chi connectivity index (χ4v) is 2.08. The van der Waals surface area contributed by atoms with Crippen LogP contribution in [0.2, 0.25) is 5.28 Å². The summed E-state index contributed by atoms with van der Waals surface area (Å²) in [6.45, 7) is 0. The van der Waals surface area contributed by atoms with E-state index in [-0.39, 0.29) is 16.9 Å². The number of nitrogens with one attached hydrogen (secondary N) is 1. The van der Waals surface area contributed by atoms with Crippen molar-refractivity contribution in [3.05, 3.63) is 70.0 Å². The summed E-state index contributed by atoms with van der Waals surface area (Å²) in [6.07, 6.45) is 0. The van der Waals surface area contributed by atoms with Crippen LogP contribution in [0.15, 0.2) is 54.6 Å². The highest BCUT2D eigenvalue weighted by atomic mass is 35.5. The van der Waals surface area contributed by atoms with E-state index >= 15 is 0 Å². The van der Waals surface area contributed by atoms with Gasteiger partial charge in [0.15, 0.2) is 5.82 Å². The van der Waals surface area contributed by atoms with E-state index in [2.05, 4.69) is 20.3 Å². The Morgan fingerprint density at radius 2 is 1.65 bits per heavy atom. The number of non-ortho nitro benzene ring substituents is 1. The number of nitro benzene ring substituents is 1. The molecule has 0 bridgehead atoms. The number of anilines is 2. The van der Waals surface area contributed by atoms with Gasteiger partial charge in [0, 0.05) is 23.4 Å². The maximum atomic E-state index is 10.7. The molecule has 7 nitrogen and oxygen atoms in total. The molecule has 3 aromatic rings. The Morgan fingerprint density at radius 1 is 0.957 bits per heavy atom. The molecule has 114 valence electrons. The van der Waals surface area contributed by atoms with E-state index in [1.165, 1.54) is 12.1 Å². The van der Waals surface area contributed by atoms with Crippen LogP contribution in [-0.2, 0) is 0 Å². The van der Waals surface area contributed by atoms with Gasteiger partial charge in [0.05, 0.1) is 4.92 Å². The lowest BCUT2D eigenvalue weighted by molar-refractivity contribution is -0.384. The molecule has 1 aromatic heterocycles. The first-order valence-electron chi connectivity index (χ1n) is 6.60. The lowest BCUT2D eigenvalue weighted by atomic mass is 10.2. The van der Waals surface area contributed by atoms with Gasteiger partial charge in [0.25, 0.3) is 5.69 Å². The van der Waals surface area contributed by atoms with Gasteiger partial charge in [0.2, 0.25) is 11.2 Å². The molecule has 23 heavy (non-hydrogen) atoms. The number of nitrogens with zero attached hydrogens (tertiary/aromatic N) is 4. The molecule has 0 aliphatic rings. The van der Waals surface area contributed by atoms with Gasteiger partial charge in [-0.3, -0.25) is 10.1 Å². The van der Waals surface area contributed by atoms with E-state index in [1.54, 1.807) is 12.1 Å². The highest BCUT2D eigenvalue weighted by Crippen LogP contribution is 2.21. The van der Waals surface area contributed by atoms with Crippen LogP contribution >= 0.6 is 11.6 Å². The van der Waals surface area contributed by atoms with Gasteiger partial charge in [-0.05, 0) is 23.7 Å². The summed E-state index contributed by atoms with van der Waals surface area (Å²) in [6, 6.07) is 15.3. The monoisotopic (exact) mass is 327 g/mol. The highest BCUT2D eigenvalue weighted by Gasteiger charge is 2.09. The van der Waals surface area contributed by atoms with Gasteiger partial charge >= 0.3 is 0 Å². The van der Waals surface area contributed by atoms with Crippen molar-refractivity contribution in [2.75, 3.05) is 5.32 Å². The van der Waals surface area contributed by atoms with Crippen molar-refractivity contribution in [1.82, 2.24) is 15.0 Å². The molecule has 2 aromatic carbocycles. The van der Waals surface area contributed by atoms with E-state index in [0.717, 1.165) is 5.56 Å². The Kier molecular flexibility index (Phi) is 4.11. The summed E-state index contributed by atoms with van der Waals surface area (Å²) in [5.41, 5.74) is 1.43. The van der Waals surface area contributed by atoms with Crippen LogP contribution < -0.4 is 5.32 Å². The van der Waals surface area contributed by atoms with Gasteiger partial charge in [-0.15, -0.1) is 0 Å². The molecule has 0 spiro atoms. The zero-order valence-corrected chi connectivity index (χ0v) is 12.4. The average molecular weight is 328 g/mol. The Bertz CT molecular complexity index is 840. The lowest BCUT2D eigenvalue weighted by Gasteiger charge is -2.07. The summed E-state index contributed by atoms with van der Waals surface area (Å²) in [7, 11) is 0. The first-order valence-corrected chi connectivity index (χ1v) is 6.98. The van der Waals surface area contributed by atoms with Crippen LogP contribution in [0.1, 0.15) is 0 Å². The Hall–Kier alpha value is -3.06. The second kappa shape index (κ2) is 6.37. The first kappa shape index (κ1) is 14.9. The second-order valence-electron chi connectivity index (χ2n) is 4.55. The molecule has 3 rings (SSSR count). The van der Waals surface area contributed by atoms with Gasteiger partial charge in [-0.25, -0.2) is 0 Å². The molecule has 0 atom stereocenters. The van der Waals surface area contributed by atoms with Crippen molar-refractivity contribution >= 4 is 28.9 Å². The third-order valence-electron chi connectivity index (χ3n) is 2.97. The maximum Gasteiger partial charge on any atom is 0.269 e. The van der Waals surface area contributed by atoms with Crippen LogP contribution in [-0.4, -0.2) is 19.9 Å². The molecular formula is C15H10ClN5O2. The molecule has 0 unspecified atom stereocenters. The van der Waals surface area contributed by atoms with Crippen molar-refractivity contribution in [1.29, 1.82) is 0 Å². The van der Waals surface area contributed by atoms with Gasteiger partial charge in [-0.2, -0.15) is 15.0 Å². The number of aromatic nitrogens is 3. The third-order valence-corrected chi connectivity index (χ3v) is 3.14. The van der Waals surface area contributed by atoms with Crippen molar-refractivity contribution in [2.45, 2.75) is 0 Å². The van der Waals surface area contributed by atoms with E-state index in [1.807, 2.05) is 30.3 Å². The molecule has 0 saturated carbocycles. The van der Waals surface area contributed by atoms with Crippen LogP contribution in [0.25, 0.3) is 11.4 Å². The Balaban J connectivity index is 1.88. The predicted molar refractivity (Wildman–Crippen MR) is 86.7 cm³/mol. The van der Waals surface area contributed by atoms with E-state index in [9.17, 15) is 10.1 Å². The van der Waals surface area contributed by atoms with Crippen molar-refractivity contribution < 1.29 is 4.92 Å². The van der Waals surface area contributed by atoms with E-state index in [0.29, 0.717) is 11.5 Å². The minimum absolute atomic E-state index is 0.00852. The second-order valence-corrected chi connectivity index (χ2v) is 4.88. The van der Waals surface area contributed by atoms with E-state index in [4.69, 9.17) is 11.6 Å². The van der Waals surface area contributed by atoms with Crippen LogP contribution in [0.4, 0.5) is 17.3 Å². The van der Waals surface area contributed by atoms with Gasteiger partial charge < -0.3 is 5.32 Å². The molecule has 0 fully saturated rings. The summed E-state index contributed by atoms with van der Waals surface area (Å²) in [4.78, 5) is 22.6. The number of rotatable bonds is 4. The Morgan fingerprint density at radius 3 is 2.30 bits per heavy atom. The predicted octanol–water partition coefficient (Wildman–Crippen LogP) is 3.84. The average Bonchev–Trinajstić information content (AvgIpc) is 2.55. The summed E-state index contributed by atoms with van der Waals surface area (Å²) >= 11 is 5.94. The minimum Gasteiger partial charge on any atom is -0.324 e. The normalized spacial score (nSPS) is 10.3. The molecule has 0 aliphatic carbocycles. The van der Waals surface area contributed by atoms with Crippen LogP contribution in [0.5, 0.6) is 0 Å². The summed E-state index contributed by atoms with van der Waals surface area (Å²) in [5.74, 6) is 0.702. The summed E-state index contributed by atoms with van der Waals surface area (Å²) in [5, 5.41) is 13.7. The third kappa shape index (κ3) is 3.58. The zero-order valence-electron chi connectivity index (χ0n) is 11.7. The smallest absolute Gasteiger partial charge is 0.269 e. The number of benzene rings is 2. The summed E-state index contributed by atoms with van der Waals surface area (Å²) < 4.78 is 0. The van der Waals surface area contributed by atoms with Crippen molar-refractivity contribution in [3.63, 3.8) is 0 Å². The van der Waals surface area contributed by atoms with Gasteiger partial charge in [-0.1, -0.05) is 30.3 Å². The van der Waals surface area contributed by atoms with E-state index < -0.39 is 4.92 Å². The molecule has 0 radical (unpaired) electrons. The largest absolute Gasteiger partial charge is 0.324 e. The van der Waals surface area contributed by atoms with Crippen molar-refractivity contribution in [2.24, 2.45) is 0 Å². The van der Waals surface area contributed by atoms with Crippen LogP contribution in [0, 0.1) is 10.1 Å². The molecule has 8 heteroatoms. The fraction of sp³-hybridized carbons (Fsp3) is 0. The maximum absolute atomic E-state index is 10.7. The number of hydrogen-bond acceptors (Lipinski definition) is 6. The standard InChI is InChI=1S/C15H10ClN5O2/c16-14-18-13(10-4-2-1-3-5-10)19-15(20-14)17-11-6-8-12(9-7-11)21(22)23/h1-9H,(H,17,18,19,20). The number of hydrogen-bond donors (Lipinski definition) is 1. The quantitative estimate of drug-likeness (QED) is 0.578. The van der Waals surface area contributed by atoms with Crippen LogP contribution in [0.3, 0.4) is 0 Å². The molecule has 1 heterocycles. The number of halogens is 1. The number of nitro groups is 1. The minimum atomic E-state index is -0.461. The first-order chi connectivity index (χ1) is 11.1.